The number of hydrogen-bond donors (Lipinski definition) is 26. The van der Waals surface area contributed by atoms with Crippen LogP contribution in [-0.4, -0.2) is 397 Å². The highest BCUT2D eigenvalue weighted by atomic mass is 16.8. The summed E-state index contributed by atoms with van der Waals surface area (Å²) in [5.74, 6) is -37.1. The van der Waals surface area contributed by atoms with E-state index in [1.165, 1.54) is 41.5 Å². The van der Waals surface area contributed by atoms with E-state index < -0.39 is 331 Å². The second-order valence-electron chi connectivity index (χ2n) is 29.8. The first-order chi connectivity index (χ1) is 51.1. The average molecular weight is 1610 g/mol. The van der Waals surface area contributed by atoms with Gasteiger partial charge in [0.25, 0.3) is 34.7 Å². The molecule has 6 heterocycles. The highest BCUT2D eigenvalue weighted by Gasteiger charge is 2.62. The van der Waals surface area contributed by atoms with E-state index in [1.54, 1.807) is 0 Å². The van der Waals surface area contributed by atoms with Crippen LogP contribution in [0.2, 0.25) is 0 Å². The standard InChI is InChI=1S/C66H111NO43/c1-25-32(70)14-62(56(89)90,106-49(25)43(81)37(75)19-68)100-21-39(77)45(83)51-27(3)34(72)16-64(108-51,58(93)94)102-23-41(79)47(85)53-29(5)36(74)18-66(110-53,60(97)98)104-24-42(80)48(86)54-30(6)35(73)17-65(109-54,59(95)96)103-22-40(78)46(84)52-28(4)33(71)15-63(107-52,57(91)92)101-20-38(76)44(82)50-26(2)31(69)13-61(105-50,55(87)88)99-12-10-8-7-9-11-67/h25-54,68-86H,7-24,67H2,1-6H3,(H,87,88)(H,89,90)(H,91,92)(H,93,94)(H,95,96)(H,97,98)/t25-,26-,27-,28-,29-,30-,31?,32?,33?,34?,35?,36?,37-,38-,39-,40-,41-,42-,43-,44-,45-,46-,47-,48-,49-,50-,51-,52-,53-,54-,61?,62?,63?,64?,65?,66?/m1/s1. The quantitative estimate of drug-likeness (QED) is 0.0253. The molecular weight excluding hydrogens is 1490 g/mol. The summed E-state index contributed by atoms with van der Waals surface area (Å²) in [5, 5.41) is 273. The number of ether oxygens (including phenoxy) is 12. The van der Waals surface area contributed by atoms with Gasteiger partial charge in [-0.25, -0.2) is 28.8 Å². The van der Waals surface area contributed by atoms with Crippen molar-refractivity contribution >= 4 is 35.8 Å². The third-order valence-electron chi connectivity index (χ3n) is 22.0. The average Bonchev–Trinajstić information content (AvgIpc) is 0.780. The van der Waals surface area contributed by atoms with Crippen molar-refractivity contribution in [2.24, 2.45) is 41.2 Å². The summed E-state index contributed by atoms with van der Waals surface area (Å²) in [6.45, 7) is 0.352. The molecule has 27 N–H and O–H groups in total. The Hall–Kier alpha value is -4.46. The summed E-state index contributed by atoms with van der Waals surface area (Å²) < 4.78 is 67.1. The van der Waals surface area contributed by atoms with Crippen LogP contribution in [0, 0.1) is 35.5 Å². The van der Waals surface area contributed by atoms with Crippen LogP contribution in [0.1, 0.15) is 106 Å². The van der Waals surface area contributed by atoms with Gasteiger partial charge in [0.15, 0.2) is 0 Å². The van der Waals surface area contributed by atoms with Crippen LogP contribution >= 0.6 is 0 Å². The fourth-order valence-corrected chi connectivity index (χ4v) is 14.2. The summed E-state index contributed by atoms with van der Waals surface area (Å²) in [6.07, 6.45) is -52.1. The number of aliphatic hydroxyl groups excluding tert-OH is 19. The summed E-state index contributed by atoms with van der Waals surface area (Å²) >= 11 is 0. The Morgan fingerprint density at radius 3 is 0.655 bits per heavy atom. The zero-order chi connectivity index (χ0) is 83.0. The van der Waals surface area contributed by atoms with Crippen LogP contribution in [-0.2, 0) is 85.6 Å². The summed E-state index contributed by atoms with van der Waals surface area (Å²) in [6, 6.07) is 0. The Kier molecular flexibility index (Phi) is 33.5. The highest BCUT2D eigenvalue weighted by Crippen LogP contribution is 2.45. The van der Waals surface area contributed by atoms with Crippen LogP contribution in [0.3, 0.4) is 0 Å². The van der Waals surface area contributed by atoms with Crippen LogP contribution in [0.15, 0.2) is 0 Å². The van der Waals surface area contributed by atoms with Gasteiger partial charge < -0.3 is 190 Å². The first-order valence-electron chi connectivity index (χ1n) is 36.0. The fraction of sp³-hybridized carbons (Fsp3) is 0.909. The molecule has 12 unspecified atom stereocenters. The number of aliphatic carboxylic acids is 6. The second-order valence-corrected chi connectivity index (χ2v) is 29.8. The van der Waals surface area contributed by atoms with Gasteiger partial charge in [-0.2, -0.15) is 0 Å². The van der Waals surface area contributed by atoms with Crippen molar-refractivity contribution in [3.05, 3.63) is 0 Å². The largest absolute Gasteiger partial charge is 0.477 e. The normalized spacial score (nSPS) is 40.5. The van der Waals surface area contributed by atoms with Crippen LogP contribution < -0.4 is 5.73 Å². The maximum Gasteiger partial charge on any atom is 0.364 e. The molecule has 110 heavy (non-hydrogen) atoms. The molecule has 0 radical (unpaired) electrons. The van der Waals surface area contributed by atoms with Crippen molar-refractivity contribution in [2.45, 2.75) is 287 Å². The fourth-order valence-electron chi connectivity index (χ4n) is 14.2. The molecule has 0 aromatic rings. The van der Waals surface area contributed by atoms with E-state index in [0.29, 0.717) is 32.2 Å². The monoisotopic (exact) mass is 1610 g/mol. The highest BCUT2D eigenvalue weighted by molar-refractivity contribution is 5.78. The minimum Gasteiger partial charge on any atom is -0.477 e. The molecule has 6 rings (SSSR count). The SMILES string of the molecule is C[C@@H]1C(O)CC(OC[C@@H](O)[C@@H](O)[C@@H]2OC(OC[C@@H](O)[C@@H](O)[C@@H]3OC(OC[C@@H](O)[C@@H](O)[C@@H]4OC(OC[C@@H](O)[C@@H](O)[C@@H]5OC(OC[C@@H](O)[C@@H](O)[C@@H]6OC(OCCCCCCN)(C(=O)O)CC(O)[C@H]6C)(C(=O)O)CC(O)[C@H]5C)(C(=O)O)CC(O)[C@H]4C)(C(=O)O)CC(O)[C@H]3C)(C(=O)O)CC(O)[C@H]2C)(C(=O)O)O[C@H]1[C@H](O)[C@H](O)CO. The third-order valence-corrected chi connectivity index (χ3v) is 22.0. The third kappa shape index (κ3) is 20.8. The Morgan fingerprint density at radius 1 is 0.309 bits per heavy atom. The van der Waals surface area contributed by atoms with Gasteiger partial charge in [-0.3, -0.25) is 0 Å². The summed E-state index contributed by atoms with van der Waals surface area (Å²) in [7, 11) is 0. The molecule has 44 heteroatoms. The molecule has 6 fully saturated rings. The lowest BCUT2D eigenvalue weighted by Crippen LogP contribution is -2.64. The number of unbranched alkanes of at least 4 members (excludes halogenated alkanes) is 3. The number of rotatable bonds is 41. The van der Waals surface area contributed by atoms with E-state index in [0.717, 1.165) is 0 Å². The predicted octanol–water partition coefficient (Wildman–Crippen LogP) is -9.67. The second kappa shape index (κ2) is 39.0. The van der Waals surface area contributed by atoms with Crippen LogP contribution in [0.4, 0.5) is 0 Å². The smallest absolute Gasteiger partial charge is 0.364 e. The van der Waals surface area contributed by atoms with Gasteiger partial charge in [-0.15, -0.1) is 0 Å². The number of aliphatic hydroxyl groups is 19. The van der Waals surface area contributed by atoms with Gasteiger partial charge in [0.2, 0.25) is 0 Å². The van der Waals surface area contributed by atoms with E-state index in [2.05, 4.69) is 0 Å². The molecule has 0 aliphatic carbocycles. The molecule has 0 bridgehead atoms. The van der Waals surface area contributed by atoms with E-state index in [9.17, 15) is 156 Å². The number of hydrogen-bond acceptors (Lipinski definition) is 38. The molecule has 638 valence electrons. The molecule has 0 saturated carbocycles. The molecular formula is C66H111NO43. The maximum atomic E-state index is 13.1. The Labute approximate surface area is 628 Å². The van der Waals surface area contributed by atoms with Gasteiger partial charge in [0.05, 0.1) is 119 Å². The van der Waals surface area contributed by atoms with Gasteiger partial charge in [-0.1, -0.05) is 54.4 Å². The van der Waals surface area contributed by atoms with E-state index in [4.69, 9.17) is 62.6 Å². The van der Waals surface area contributed by atoms with Gasteiger partial charge in [0.1, 0.15) is 73.2 Å². The lowest BCUT2D eigenvalue weighted by molar-refractivity contribution is -0.341. The lowest BCUT2D eigenvalue weighted by atomic mass is 9.83. The molecule has 36 atom stereocenters. The molecule has 6 aliphatic rings. The van der Waals surface area contributed by atoms with Crippen LogP contribution in [0.5, 0.6) is 0 Å². The Balaban J connectivity index is 1.09. The minimum absolute atomic E-state index is 0.159. The zero-order valence-electron chi connectivity index (χ0n) is 61.2. The number of nitrogens with two attached hydrogens (primary N) is 1. The first-order valence-corrected chi connectivity index (χ1v) is 36.0. The van der Waals surface area contributed by atoms with Gasteiger partial charge in [0, 0.05) is 74.0 Å². The topological polar surface area (TPSA) is 745 Å². The van der Waals surface area contributed by atoms with Crippen molar-refractivity contribution < 1.29 is 213 Å². The number of carbonyl (C=O) groups is 6. The Bertz CT molecular complexity index is 3000. The summed E-state index contributed by atoms with van der Waals surface area (Å²) in [5.41, 5.74) is 5.53. The summed E-state index contributed by atoms with van der Waals surface area (Å²) in [4.78, 5) is 77.4. The molecule has 6 aliphatic heterocycles. The van der Waals surface area contributed by atoms with Crippen molar-refractivity contribution in [1.82, 2.24) is 0 Å². The maximum absolute atomic E-state index is 13.1. The lowest BCUT2D eigenvalue weighted by Gasteiger charge is -2.48. The minimum atomic E-state index is -3.15. The zero-order valence-corrected chi connectivity index (χ0v) is 61.2. The number of carboxylic acid groups (broad SMARTS) is 6. The molecule has 44 nitrogen and oxygen atoms in total. The molecule has 0 aromatic heterocycles. The molecule has 6 saturated heterocycles. The molecule has 0 spiro atoms. The van der Waals surface area contributed by atoms with E-state index in [1.807, 2.05) is 0 Å². The van der Waals surface area contributed by atoms with Crippen molar-refractivity contribution in [2.75, 3.05) is 52.8 Å². The van der Waals surface area contributed by atoms with Crippen molar-refractivity contribution in [3.63, 3.8) is 0 Å². The number of carboxylic acids is 6. The van der Waals surface area contributed by atoms with Gasteiger partial charge >= 0.3 is 35.8 Å². The van der Waals surface area contributed by atoms with E-state index >= 15 is 0 Å². The molecule has 0 amide bonds. The predicted molar refractivity (Wildman–Crippen MR) is 353 cm³/mol. The van der Waals surface area contributed by atoms with E-state index in [-0.39, 0.29) is 6.61 Å². The van der Waals surface area contributed by atoms with Crippen molar-refractivity contribution in [3.8, 4) is 0 Å². The first kappa shape index (κ1) is 94.4. The van der Waals surface area contributed by atoms with Gasteiger partial charge in [-0.05, 0) is 19.4 Å². The van der Waals surface area contributed by atoms with Crippen LogP contribution in [0.25, 0.3) is 0 Å². The van der Waals surface area contributed by atoms with Crippen molar-refractivity contribution in [1.29, 1.82) is 0 Å². The molecule has 0 aromatic carbocycles. The Morgan fingerprint density at radius 2 is 0.482 bits per heavy atom.